The van der Waals surface area contributed by atoms with Crippen molar-refractivity contribution in [1.29, 1.82) is 0 Å². The fraction of sp³-hybridized carbons (Fsp3) is 0.565. The highest BCUT2D eigenvalue weighted by atomic mass is 32.2. The van der Waals surface area contributed by atoms with E-state index in [1.165, 1.54) is 0 Å². The van der Waals surface area contributed by atoms with Gasteiger partial charge < -0.3 is 9.64 Å². The first-order valence-corrected chi connectivity index (χ1v) is 12.8. The average Bonchev–Trinajstić information content (AvgIpc) is 3.25. The summed E-state index contributed by atoms with van der Waals surface area (Å²) in [4.78, 5) is 23.2. The number of nitrogens with zero attached hydrogens (tertiary/aromatic N) is 3. The number of hydrogen-bond donors (Lipinski definition) is 0. The van der Waals surface area contributed by atoms with Crippen LogP contribution in [0, 0.1) is 5.92 Å². The van der Waals surface area contributed by atoms with Crippen LogP contribution in [0.1, 0.15) is 42.7 Å². The molecule has 1 amide bonds. The van der Waals surface area contributed by atoms with Gasteiger partial charge in [-0.3, -0.25) is 9.69 Å². The summed E-state index contributed by atoms with van der Waals surface area (Å²) >= 11 is 3.31. The van der Waals surface area contributed by atoms with E-state index in [2.05, 4.69) is 35.2 Å². The zero-order valence-corrected chi connectivity index (χ0v) is 19.5. The number of hydrogen-bond acceptors (Lipinski definition) is 6. The number of morpholine rings is 1. The quantitative estimate of drug-likeness (QED) is 0.617. The van der Waals surface area contributed by atoms with Gasteiger partial charge in [-0.1, -0.05) is 12.1 Å². The van der Waals surface area contributed by atoms with Gasteiger partial charge in [0, 0.05) is 48.8 Å². The summed E-state index contributed by atoms with van der Waals surface area (Å²) in [5.41, 5.74) is 3.75. The van der Waals surface area contributed by atoms with Crippen LogP contribution in [0.3, 0.4) is 0 Å². The molecule has 0 aliphatic carbocycles. The van der Waals surface area contributed by atoms with E-state index in [0.29, 0.717) is 18.1 Å². The molecule has 3 heterocycles. The molecular weight excluding hydrogens is 414 g/mol. The van der Waals surface area contributed by atoms with E-state index in [1.807, 2.05) is 28.6 Å². The third kappa shape index (κ3) is 5.63. The van der Waals surface area contributed by atoms with E-state index < -0.39 is 0 Å². The summed E-state index contributed by atoms with van der Waals surface area (Å²) in [6, 6.07) is 8.00. The van der Waals surface area contributed by atoms with Crippen LogP contribution in [0.15, 0.2) is 40.1 Å². The van der Waals surface area contributed by atoms with E-state index in [-0.39, 0.29) is 5.91 Å². The molecule has 0 saturated carbocycles. The Kier molecular flexibility index (Phi) is 7.46. The molecular formula is C23H31N3O2S2. The highest BCUT2D eigenvalue weighted by Crippen LogP contribution is 2.29. The lowest BCUT2D eigenvalue weighted by Crippen LogP contribution is -2.48. The summed E-state index contributed by atoms with van der Waals surface area (Å²) in [5.74, 6) is 1.64. The number of amides is 1. The number of aromatic nitrogens is 1. The molecule has 2 fully saturated rings. The minimum atomic E-state index is 0.170. The van der Waals surface area contributed by atoms with Crippen LogP contribution in [-0.4, -0.2) is 65.6 Å². The number of carbonyl (C=O) groups is 1. The Morgan fingerprint density at radius 2 is 1.93 bits per heavy atom. The van der Waals surface area contributed by atoms with Gasteiger partial charge in [0.25, 0.3) is 5.91 Å². The molecule has 2 unspecified atom stereocenters. The van der Waals surface area contributed by atoms with Crippen molar-refractivity contribution in [2.24, 2.45) is 5.92 Å². The molecule has 2 saturated heterocycles. The standard InChI is InChI=1S/C23H31N3O2S2/c1-17-11-25(12-18(2)28-17)13-19-7-9-26(10-8-19)23(27)21-5-3-4-6-22(21)30-15-20-14-29-16-24-20/h3-6,14,16-19H,7-13,15H2,1-2H3. The normalized spacial score (nSPS) is 23.6. The van der Waals surface area contributed by atoms with Gasteiger partial charge >= 0.3 is 0 Å². The van der Waals surface area contributed by atoms with Crippen molar-refractivity contribution in [1.82, 2.24) is 14.8 Å². The van der Waals surface area contributed by atoms with Crippen LogP contribution >= 0.6 is 23.1 Å². The molecule has 5 nitrogen and oxygen atoms in total. The Balaban J connectivity index is 1.31. The second-order valence-electron chi connectivity index (χ2n) is 8.48. The highest BCUT2D eigenvalue weighted by Gasteiger charge is 2.28. The predicted molar refractivity (Wildman–Crippen MR) is 123 cm³/mol. The predicted octanol–water partition coefficient (Wildman–Crippen LogP) is 4.40. The number of thioether (sulfide) groups is 1. The number of carbonyl (C=O) groups excluding carboxylic acids is 1. The molecule has 162 valence electrons. The van der Waals surface area contributed by atoms with Crippen LogP contribution in [0.2, 0.25) is 0 Å². The van der Waals surface area contributed by atoms with Crippen LogP contribution in [-0.2, 0) is 10.5 Å². The Morgan fingerprint density at radius 3 is 2.63 bits per heavy atom. The van der Waals surface area contributed by atoms with Crippen molar-refractivity contribution >= 4 is 29.0 Å². The maximum Gasteiger partial charge on any atom is 0.254 e. The smallest absolute Gasteiger partial charge is 0.254 e. The van der Waals surface area contributed by atoms with E-state index in [4.69, 9.17) is 4.74 Å². The fourth-order valence-corrected chi connectivity index (χ4v) is 6.13. The largest absolute Gasteiger partial charge is 0.373 e. The van der Waals surface area contributed by atoms with Crippen LogP contribution in [0.25, 0.3) is 0 Å². The van der Waals surface area contributed by atoms with E-state index in [9.17, 15) is 4.79 Å². The van der Waals surface area contributed by atoms with Crippen molar-refractivity contribution in [3.63, 3.8) is 0 Å². The number of benzene rings is 1. The van der Waals surface area contributed by atoms with Crippen LogP contribution in [0.4, 0.5) is 0 Å². The van der Waals surface area contributed by atoms with Gasteiger partial charge in [0.15, 0.2) is 0 Å². The molecule has 4 rings (SSSR count). The molecule has 7 heteroatoms. The van der Waals surface area contributed by atoms with Gasteiger partial charge in [-0.2, -0.15) is 0 Å². The first kappa shape index (κ1) is 21.8. The van der Waals surface area contributed by atoms with Crippen molar-refractivity contribution in [3.05, 3.63) is 46.4 Å². The molecule has 1 aromatic heterocycles. The first-order valence-electron chi connectivity index (χ1n) is 10.8. The minimum absolute atomic E-state index is 0.170. The number of likely N-dealkylation sites (tertiary alicyclic amines) is 1. The molecule has 2 atom stereocenters. The number of piperidine rings is 1. The van der Waals surface area contributed by atoms with Gasteiger partial charge in [-0.15, -0.1) is 23.1 Å². The lowest BCUT2D eigenvalue weighted by Gasteiger charge is -2.39. The molecule has 0 radical (unpaired) electrons. The molecule has 2 aromatic rings. The average molecular weight is 446 g/mol. The van der Waals surface area contributed by atoms with E-state index >= 15 is 0 Å². The van der Waals surface area contributed by atoms with Crippen molar-refractivity contribution in [3.8, 4) is 0 Å². The Bertz CT molecular complexity index is 812. The second kappa shape index (κ2) is 10.3. The fourth-order valence-electron chi connectivity index (χ4n) is 4.52. The molecule has 0 bridgehead atoms. The summed E-state index contributed by atoms with van der Waals surface area (Å²) in [6.07, 6.45) is 2.79. The topological polar surface area (TPSA) is 45.7 Å². The van der Waals surface area contributed by atoms with Crippen molar-refractivity contribution in [2.75, 3.05) is 32.7 Å². The number of thiazole rings is 1. The molecule has 30 heavy (non-hydrogen) atoms. The van der Waals surface area contributed by atoms with Gasteiger partial charge in [0.2, 0.25) is 0 Å². The maximum absolute atomic E-state index is 13.2. The van der Waals surface area contributed by atoms with Gasteiger partial charge in [-0.25, -0.2) is 4.98 Å². The first-order chi connectivity index (χ1) is 14.6. The molecule has 2 aliphatic heterocycles. The maximum atomic E-state index is 13.2. The lowest BCUT2D eigenvalue weighted by atomic mass is 9.95. The summed E-state index contributed by atoms with van der Waals surface area (Å²) in [7, 11) is 0. The lowest BCUT2D eigenvalue weighted by molar-refractivity contribution is -0.0728. The number of rotatable bonds is 6. The number of ether oxygens (including phenoxy) is 1. The molecule has 2 aliphatic rings. The third-order valence-corrected chi connectivity index (χ3v) is 7.63. The SMILES string of the molecule is CC1CN(CC2CCN(C(=O)c3ccccc3SCc3cscn3)CC2)CC(C)O1. The molecule has 1 aromatic carbocycles. The monoisotopic (exact) mass is 445 g/mol. The van der Waals surface area contributed by atoms with Crippen molar-refractivity contribution in [2.45, 2.75) is 49.5 Å². The summed E-state index contributed by atoms with van der Waals surface area (Å²) in [6.45, 7) is 9.19. The van der Waals surface area contributed by atoms with Gasteiger partial charge in [0.05, 0.1) is 29.0 Å². The zero-order chi connectivity index (χ0) is 20.9. The summed E-state index contributed by atoms with van der Waals surface area (Å²) in [5, 5.41) is 2.07. The van der Waals surface area contributed by atoms with E-state index in [0.717, 1.165) is 67.5 Å². The van der Waals surface area contributed by atoms with Crippen molar-refractivity contribution < 1.29 is 9.53 Å². The van der Waals surface area contributed by atoms with E-state index in [1.54, 1.807) is 23.1 Å². The third-order valence-electron chi connectivity index (χ3n) is 5.89. The van der Waals surface area contributed by atoms with Crippen LogP contribution < -0.4 is 0 Å². The molecule has 0 spiro atoms. The Labute approximate surface area is 187 Å². The van der Waals surface area contributed by atoms with Gasteiger partial charge in [0.1, 0.15) is 0 Å². The molecule has 0 N–H and O–H groups in total. The second-order valence-corrected chi connectivity index (χ2v) is 10.2. The minimum Gasteiger partial charge on any atom is -0.373 e. The highest BCUT2D eigenvalue weighted by molar-refractivity contribution is 7.98. The zero-order valence-electron chi connectivity index (χ0n) is 17.8. The van der Waals surface area contributed by atoms with Gasteiger partial charge in [-0.05, 0) is 44.7 Å². The van der Waals surface area contributed by atoms with Crippen LogP contribution in [0.5, 0.6) is 0 Å². The Hall–Kier alpha value is -1.41. The Morgan fingerprint density at radius 1 is 1.20 bits per heavy atom. The summed E-state index contributed by atoms with van der Waals surface area (Å²) < 4.78 is 5.86.